The van der Waals surface area contributed by atoms with Gasteiger partial charge in [0.15, 0.2) is 0 Å². The van der Waals surface area contributed by atoms with E-state index in [0.29, 0.717) is 12.0 Å². The molecule has 2 rings (SSSR count). The smallest absolute Gasteiger partial charge is 0.237 e. The molecule has 1 aliphatic carbocycles. The van der Waals surface area contributed by atoms with Gasteiger partial charge in [-0.3, -0.25) is 9.69 Å². The second kappa shape index (κ2) is 6.90. The average molecular weight is 282 g/mol. The van der Waals surface area contributed by atoms with E-state index in [9.17, 15) is 4.79 Å². The van der Waals surface area contributed by atoms with Gasteiger partial charge in [0.05, 0.1) is 18.2 Å². The van der Waals surface area contributed by atoms with E-state index in [0.717, 1.165) is 19.5 Å². The van der Waals surface area contributed by atoms with Gasteiger partial charge in [-0.1, -0.05) is 19.8 Å². The van der Waals surface area contributed by atoms with Crippen LogP contribution in [0.1, 0.15) is 53.4 Å². The maximum Gasteiger partial charge on any atom is 0.237 e. The van der Waals surface area contributed by atoms with Crippen LogP contribution >= 0.6 is 0 Å². The summed E-state index contributed by atoms with van der Waals surface area (Å²) in [6.45, 7) is 10.1. The Kier molecular flexibility index (Phi) is 5.44. The molecule has 4 heteroatoms. The SMILES string of the molecule is C[C@@H]1CN([C@@H](C)C(=O)N[C@@H]2CCCC[C@@H]2C)C[C@H](C)O1. The lowest BCUT2D eigenvalue weighted by molar-refractivity contribution is -0.133. The summed E-state index contributed by atoms with van der Waals surface area (Å²) in [5.41, 5.74) is 0. The normalized spacial score (nSPS) is 37.4. The molecule has 1 heterocycles. The molecule has 1 N–H and O–H groups in total. The zero-order chi connectivity index (χ0) is 14.7. The van der Waals surface area contributed by atoms with Gasteiger partial charge in [-0.25, -0.2) is 0 Å². The van der Waals surface area contributed by atoms with Crippen molar-refractivity contribution in [3.8, 4) is 0 Å². The Labute approximate surface area is 123 Å². The van der Waals surface area contributed by atoms with Crippen LogP contribution in [-0.4, -0.2) is 48.2 Å². The first-order chi connectivity index (χ1) is 9.47. The fourth-order valence-electron chi connectivity index (χ4n) is 3.53. The van der Waals surface area contributed by atoms with Crippen molar-refractivity contribution in [1.82, 2.24) is 10.2 Å². The topological polar surface area (TPSA) is 41.6 Å². The number of ether oxygens (including phenoxy) is 1. The Morgan fingerprint density at radius 1 is 1.15 bits per heavy atom. The number of rotatable bonds is 3. The van der Waals surface area contributed by atoms with E-state index in [4.69, 9.17) is 4.74 Å². The Morgan fingerprint density at radius 2 is 1.75 bits per heavy atom. The van der Waals surface area contributed by atoms with Crippen molar-refractivity contribution in [2.45, 2.75) is 77.7 Å². The van der Waals surface area contributed by atoms with Crippen LogP contribution in [0.5, 0.6) is 0 Å². The molecule has 1 saturated carbocycles. The minimum atomic E-state index is -0.0575. The molecule has 1 saturated heterocycles. The molecule has 0 bridgehead atoms. The maximum atomic E-state index is 12.5. The Morgan fingerprint density at radius 3 is 2.35 bits per heavy atom. The number of carbonyl (C=O) groups is 1. The summed E-state index contributed by atoms with van der Waals surface area (Å²) in [5.74, 6) is 0.799. The molecule has 5 atom stereocenters. The highest BCUT2D eigenvalue weighted by Gasteiger charge is 2.31. The summed E-state index contributed by atoms with van der Waals surface area (Å²) in [7, 11) is 0. The zero-order valence-electron chi connectivity index (χ0n) is 13.4. The molecule has 0 unspecified atom stereocenters. The number of nitrogens with zero attached hydrogens (tertiary/aromatic N) is 1. The molecule has 0 aromatic heterocycles. The number of morpholine rings is 1. The summed E-state index contributed by atoms with van der Waals surface area (Å²) >= 11 is 0. The average Bonchev–Trinajstić information content (AvgIpc) is 2.39. The molecule has 2 fully saturated rings. The molecule has 0 spiro atoms. The monoisotopic (exact) mass is 282 g/mol. The molecule has 2 aliphatic rings. The number of hydrogen-bond acceptors (Lipinski definition) is 3. The zero-order valence-corrected chi connectivity index (χ0v) is 13.4. The first kappa shape index (κ1) is 15.8. The van der Waals surface area contributed by atoms with E-state index in [2.05, 4.69) is 31.0 Å². The van der Waals surface area contributed by atoms with Gasteiger partial charge in [-0.15, -0.1) is 0 Å². The van der Waals surface area contributed by atoms with Crippen molar-refractivity contribution in [1.29, 1.82) is 0 Å². The molecule has 1 aliphatic heterocycles. The lowest BCUT2D eigenvalue weighted by atomic mass is 9.86. The third kappa shape index (κ3) is 3.95. The van der Waals surface area contributed by atoms with Gasteiger partial charge in [0.2, 0.25) is 5.91 Å². The van der Waals surface area contributed by atoms with Gasteiger partial charge in [-0.05, 0) is 39.5 Å². The highest BCUT2D eigenvalue weighted by Crippen LogP contribution is 2.24. The van der Waals surface area contributed by atoms with Gasteiger partial charge in [0.1, 0.15) is 0 Å². The van der Waals surface area contributed by atoms with E-state index in [1.165, 1.54) is 19.3 Å². The maximum absolute atomic E-state index is 12.5. The van der Waals surface area contributed by atoms with Crippen LogP contribution in [0, 0.1) is 5.92 Å². The quantitative estimate of drug-likeness (QED) is 0.862. The lowest BCUT2D eigenvalue weighted by Crippen LogP contribution is -2.55. The fourth-order valence-corrected chi connectivity index (χ4v) is 3.53. The second-order valence-electron chi connectivity index (χ2n) is 6.76. The van der Waals surface area contributed by atoms with Crippen molar-refractivity contribution < 1.29 is 9.53 Å². The van der Waals surface area contributed by atoms with Crippen LogP contribution in [0.15, 0.2) is 0 Å². The lowest BCUT2D eigenvalue weighted by Gasteiger charge is -2.39. The first-order valence-electron chi connectivity index (χ1n) is 8.17. The third-order valence-corrected chi connectivity index (χ3v) is 4.81. The number of carbonyl (C=O) groups excluding carboxylic acids is 1. The number of hydrogen-bond donors (Lipinski definition) is 1. The van der Waals surface area contributed by atoms with E-state index in [1.807, 2.05) is 6.92 Å². The number of nitrogens with one attached hydrogen (secondary N) is 1. The number of amides is 1. The molecule has 1 amide bonds. The van der Waals surface area contributed by atoms with Gasteiger partial charge >= 0.3 is 0 Å². The minimum Gasteiger partial charge on any atom is -0.373 e. The van der Waals surface area contributed by atoms with Crippen molar-refractivity contribution in [3.63, 3.8) is 0 Å². The predicted octanol–water partition coefficient (Wildman–Crippen LogP) is 2.18. The Balaban J connectivity index is 1.87. The van der Waals surface area contributed by atoms with Crippen LogP contribution < -0.4 is 5.32 Å². The van der Waals surface area contributed by atoms with E-state index >= 15 is 0 Å². The van der Waals surface area contributed by atoms with Gasteiger partial charge in [0.25, 0.3) is 0 Å². The van der Waals surface area contributed by atoms with Crippen LogP contribution in [-0.2, 0) is 9.53 Å². The van der Waals surface area contributed by atoms with Crippen LogP contribution in [0.3, 0.4) is 0 Å². The largest absolute Gasteiger partial charge is 0.373 e. The standard InChI is InChI=1S/C16H30N2O2/c1-11-7-5-6-8-15(11)17-16(19)14(4)18-9-12(2)20-13(3)10-18/h11-15H,5-10H2,1-4H3,(H,17,19)/t11-,12-,13+,14-,15+/m0/s1. The summed E-state index contributed by atoms with van der Waals surface area (Å²) in [4.78, 5) is 14.7. The summed E-state index contributed by atoms with van der Waals surface area (Å²) < 4.78 is 5.74. The van der Waals surface area contributed by atoms with Crippen molar-refractivity contribution in [2.24, 2.45) is 5.92 Å². The van der Waals surface area contributed by atoms with Crippen LogP contribution in [0.2, 0.25) is 0 Å². The van der Waals surface area contributed by atoms with Gasteiger partial charge in [0, 0.05) is 19.1 Å². The van der Waals surface area contributed by atoms with Crippen molar-refractivity contribution >= 4 is 5.91 Å². The molecular weight excluding hydrogens is 252 g/mol. The summed E-state index contributed by atoms with van der Waals surface area (Å²) in [5, 5.41) is 3.27. The van der Waals surface area contributed by atoms with Crippen molar-refractivity contribution in [3.05, 3.63) is 0 Å². The van der Waals surface area contributed by atoms with Crippen LogP contribution in [0.4, 0.5) is 0 Å². The van der Waals surface area contributed by atoms with Crippen molar-refractivity contribution in [2.75, 3.05) is 13.1 Å². The highest BCUT2D eigenvalue weighted by atomic mass is 16.5. The van der Waals surface area contributed by atoms with Gasteiger partial charge < -0.3 is 10.1 Å². The third-order valence-electron chi connectivity index (χ3n) is 4.81. The Hall–Kier alpha value is -0.610. The first-order valence-corrected chi connectivity index (χ1v) is 8.17. The highest BCUT2D eigenvalue weighted by molar-refractivity contribution is 5.81. The van der Waals surface area contributed by atoms with E-state index in [1.54, 1.807) is 0 Å². The van der Waals surface area contributed by atoms with Crippen LogP contribution in [0.25, 0.3) is 0 Å². The molecule has 116 valence electrons. The predicted molar refractivity (Wildman–Crippen MR) is 80.6 cm³/mol. The fraction of sp³-hybridized carbons (Fsp3) is 0.938. The molecule has 0 aromatic rings. The molecule has 20 heavy (non-hydrogen) atoms. The Bertz CT molecular complexity index is 324. The minimum absolute atomic E-state index is 0.0575. The van der Waals surface area contributed by atoms with E-state index < -0.39 is 0 Å². The van der Waals surface area contributed by atoms with E-state index in [-0.39, 0.29) is 24.2 Å². The summed E-state index contributed by atoms with van der Waals surface area (Å²) in [6, 6.07) is 0.313. The van der Waals surface area contributed by atoms with Gasteiger partial charge in [-0.2, -0.15) is 0 Å². The molecular formula is C16H30N2O2. The molecule has 0 radical (unpaired) electrons. The molecule has 4 nitrogen and oxygen atoms in total. The summed E-state index contributed by atoms with van der Waals surface area (Å²) in [6.07, 6.45) is 5.35. The molecule has 0 aromatic carbocycles. The second-order valence-corrected chi connectivity index (χ2v) is 6.76.